The molecule has 2 aliphatic rings. The molecule has 1 aromatic heterocycles. The zero-order chi connectivity index (χ0) is 18.3. The largest absolute Gasteiger partial charge is 0.483 e. The number of nitrogens with zero attached hydrogens (tertiary/aromatic N) is 3. The minimum atomic E-state index is -0.250. The first kappa shape index (κ1) is 19.8. The predicted octanol–water partition coefficient (Wildman–Crippen LogP) is 3.08. The van der Waals surface area contributed by atoms with Crippen molar-refractivity contribution in [3.63, 3.8) is 0 Å². The molecule has 6 nitrogen and oxygen atoms in total. The first-order valence-corrected chi connectivity index (χ1v) is 9.18. The number of carbonyl (C=O) groups is 1. The first-order chi connectivity index (χ1) is 12.0. The zero-order valence-electron chi connectivity index (χ0n) is 15.6. The van der Waals surface area contributed by atoms with Crippen molar-refractivity contribution in [2.45, 2.75) is 64.5 Å². The van der Waals surface area contributed by atoms with Crippen molar-refractivity contribution in [3.8, 4) is 0 Å². The van der Waals surface area contributed by atoms with Gasteiger partial charge in [-0.05, 0) is 32.2 Å². The number of aromatic nitrogens is 2. The number of piperidine rings is 1. The maximum atomic E-state index is 8.36. The third-order valence-corrected chi connectivity index (χ3v) is 5.44. The van der Waals surface area contributed by atoms with Crippen molar-refractivity contribution in [1.82, 2.24) is 14.9 Å². The summed E-state index contributed by atoms with van der Waals surface area (Å²) < 4.78 is 5.79. The second kappa shape index (κ2) is 9.25. The minimum absolute atomic E-state index is 0.250. The molecule has 25 heavy (non-hydrogen) atoms. The van der Waals surface area contributed by atoms with Gasteiger partial charge in [-0.25, -0.2) is 9.97 Å². The summed E-state index contributed by atoms with van der Waals surface area (Å²) >= 11 is 0. The number of likely N-dealkylation sites (tertiary alicyclic amines) is 1. The van der Waals surface area contributed by atoms with Gasteiger partial charge in [0.1, 0.15) is 5.82 Å². The molecular weight excluding hydrogens is 318 g/mol. The topological polar surface area (TPSA) is 75.5 Å². The molecule has 2 fully saturated rings. The Hall–Kier alpha value is -1.53. The number of hydrogen-bond acceptors (Lipinski definition) is 5. The number of methoxy groups -OCH3 is 1. The summed E-state index contributed by atoms with van der Waals surface area (Å²) in [5.41, 5.74) is 1.62. The summed E-state index contributed by atoms with van der Waals surface area (Å²) in [5.74, 6) is 1.34. The highest BCUT2D eigenvalue weighted by Crippen LogP contribution is 2.46. The Morgan fingerprint density at radius 3 is 2.60 bits per heavy atom. The number of hydrogen-bond donors (Lipinski definition) is 1. The molecule has 0 bridgehead atoms. The molecule has 1 saturated heterocycles. The Kier molecular flexibility index (Phi) is 7.32. The molecule has 1 aromatic rings. The monoisotopic (exact) mass is 349 g/mol. The highest BCUT2D eigenvalue weighted by Gasteiger charge is 2.45. The van der Waals surface area contributed by atoms with Crippen molar-refractivity contribution in [3.05, 3.63) is 23.8 Å². The van der Waals surface area contributed by atoms with Crippen LogP contribution in [0.5, 0.6) is 0 Å². The van der Waals surface area contributed by atoms with Crippen molar-refractivity contribution in [1.29, 1.82) is 0 Å². The lowest BCUT2D eigenvalue weighted by Crippen LogP contribution is -2.47. The van der Waals surface area contributed by atoms with E-state index in [0.717, 1.165) is 18.9 Å². The van der Waals surface area contributed by atoms with Gasteiger partial charge in [-0.3, -0.25) is 9.69 Å². The van der Waals surface area contributed by atoms with E-state index in [1.54, 1.807) is 0 Å². The summed E-state index contributed by atoms with van der Waals surface area (Å²) in [6, 6.07) is 0. The lowest BCUT2D eigenvalue weighted by Gasteiger charge is -2.43. The van der Waals surface area contributed by atoms with Crippen LogP contribution >= 0.6 is 0 Å². The van der Waals surface area contributed by atoms with Gasteiger partial charge < -0.3 is 9.84 Å². The van der Waals surface area contributed by atoms with Crippen LogP contribution in [-0.2, 0) is 16.1 Å². The molecule has 1 saturated carbocycles. The molecule has 0 aromatic carbocycles. The molecule has 2 heterocycles. The van der Waals surface area contributed by atoms with Gasteiger partial charge in [-0.1, -0.05) is 20.3 Å². The summed E-state index contributed by atoms with van der Waals surface area (Å²) in [7, 11) is 1.88. The van der Waals surface area contributed by atoms with E-state index in [2.05, 4.69) is 28.7 Å². The molecule has 3 rings (SSSR count). The Morgan fingerprint density at radius 1 is 1.36 bits per heavy atom. The van der Waals surface area contributed by atoms with E-state index in [9.17, 15) is 0 Å². The standard InChI is InChI=1S/C18H29N3O.CH2O2/c1-14(2)17-19-10-15(11-20-17)12-21-9-5-8-18(13-21)7-4-6-16(18)22-3;2-1-3/h10-11,14,16H,4-9,12-13H2,1-3H3;1H,(H,2,3)/t16-,18-;/m1./s1. The minimum Gasteiger partial charge on any atom is -0.483 e. The van der Waals surface area contributed by atoms with Crippen LogP contribution in [0.1, 0.15) is 63.3 Å². The van der Waals surface area contributed by atoms with Crippen molar-refractivity contribution < 1.29 is 14.6 Å². The first-order valence-electron chi connectivity index (χ1n) is 9.18. The Morgan fingerprint density at radius 2 is 2.00 bits per heavy atom. The van der Waals surface area contributed by atoms with Gasteiger partial charge in [-0.2, -0.15) is 0 Å². The molecule has 0 amide bonds. The summed E-state index contributed by atoms with van der Waals surface area (Å²) in [6.45, 7) is 7.33. The van der Waals surface area contributed by atoms with E-state index in [-0.39, 0.29) is 6.47 Å². The smallest absolute Gasteiger partial charge is 0.290 e. The summed E-state index contributed by atoms with van der Waals surface area (Å²) in [6.07, 6.45) is 10.9. The number of carboxylic acid groups (broad SMARTS) is 1. The lowest BCUT2D eigenvalue weighted by atomic mass is 9.76. The van der Waals surface area contributed by atoms with E-state index in [1.165, 1.54) is 44.2 Å². The van der Waals surface area contributed by atoms with E-state index >= 15 is 0 Å². The second-order valence-corrected chi connectivity index (χ2v) is 7.50. The van der Waals surface area contributed by atoms with Crippen molar-refractivity contribution in [2.75, 3.05) is 20.2 Å². The molecule has 2 atom stereocenters. The fraction of sp³-hybridized carbons (Fsp3) is 0.737. The van der Waals surface area contributed by atoms with E-state index in [4.69, 9.17) is 14.6 Å². The van der Waals surface area contributed by atoms with Crippen LogP contribution in [0.3, 0.4) is 0 Å². The van der Waals surface area contributed by atoms with Gasteiger partial charge in [0.25, 0.3) is 6.47 Å². The van der Waals surface area contributed by atoms with E-state index < -0.39 is 0 Å². The Bertz CT molecular complexity index is 535. The molecule has 140 valence electrons. The van der Waals surface area contributed by atoms with Crippen LogP contribution in [0.4, 0.5) is 0 Å². The average Bonchev–Trinajstić information content (AvgIpc) is 2.98. The van der Waals surface area contributed by atoms with E-state index in [1.807, 2.05) is 19.5 Å². The zero-order valence-corrected chi connectivity index (χ0v) is 15.6. The molecule has 1 N–H and O–H groups in total. The maximum absolute atomic E-state index is 8.36. The Labute approximate surface area is 150 Å². The van der Waals surface area contributed by atoms with Gasteiger partial charge >= 0.3 is 0 Å². The quantitative estimate of drug-likeness (QED) is 0.842. The number of rotatable bonds is 4. The maximum Gasteiger partial charge on any atom is 0.290 e. The van der Waals surface area contributed by atoms with Gasteiger partial charge in [0.2, 0.25) is 0 Å². The van der Waals surface area contributed by atoms with E-state index in [0.29, 0.717) is 17.4 Å². The van der Waals surface area contributed by atoms with Crippen LogP contribution in [0.25, 0.3) is 0 Å². The SMILES string of the molecule is CO[C@@H]1CCC[C@]12CCCN(Cc1cnc(C(C)C)nc1)C2.O=CO. The fourth-order valence-electron chi connectivity index (χ4n) is 4.34. The fourth-order valence-corrected chi connectivity index (χ4v) is 4.34. The lowest BCUT2D eigenvalue weighted by molar-refractivity contribution is -0.122. The van der Waals surface area contributed by atoms with Gasteiger partial charge in [0.05, 0.1) is 6.10 Å². The summed E-state index contributed by atoms with van der Waals surface area (Å²) in [5, 5.41) is 6.89. The van der Waals surface area contributed by atoms with Crippen LogP contribution in [0, 0.1) is 5.41 Å². The normalized spacial score (nSPS) is 26.5. The van der Waals surface area contributed by atoms with Gasteiger partial charge in [0, 0.05) is 49.5 Å². The van der Waals surface area contributed by atoms with Gasteiger partial charge in [-0.15, -0.1) is 0 Å². The molecule has 1 aliphatic carbocycles. The number of ether oxygens (including phenoxy) is 1. The molecule has 6 heteroatoms. The predicted molar refractivity (Wildman–Crippen MR) is 96.4 cm³/mol. The third kappa shape index (κ3) is 4.98. The molecule has 1 spiro atoms. The third-order valence-electron chi connectivity index (χ3n) is 5.44. The van der Waals surface area contributed by atoms with Crippen LogP contribution in [-0.4, -0.2) is 52.7 Å². The van der Waals surface area contributed by atoms with Gasteiger partial charge in [0.15, 0.2) is 0 Å². The van der Waals surface area contributed by atoms with Crippen molar-refractivity contribution >= 4 is 6.47 Å². The molecule has 0 radical (unpaired) electrons. The summed E-state index contributed by atoms with van der Waals surface area (Å²) in [4.78, 5) is 19.9. The molecule has 1 aliphatic heterocycles. The van der Waals surface area contributed by atoms with Crippen LogP contribution in [0.15, 0.2) is 12.4 Å². The highest BCUT2D eigenvalue weighted by atomic mass is 16.5. The highest BCUT2D eigenvalue weighted by molar-refractivity contribution is 5.32. The average molecular weight is 349 g/mol. The Balaban J connectivity index is 0.000000701. The molecular formula is C19H31N3O3. The van der Waals surface area contributed by atoms with Crippen LogP contribution in [0.2, 0.25) is 0 Å². The van der Waals surface area contributed by atoms with Crippen molar-refractivity contribution in [2.24, 2.45) is 5.41 Å². The second-order valence-electron chi connectivity index (χ2n) is 7.50. The van der Waals surface area contributed by atoms with Crippen LogP contribution < -0.4 is 0 Å². The molecule has 0 unspecified atom stereocenters.